The summed E-state index contributed by atoms with van der Waals surface area (Å²) in [5.41, 5.74) is 6.18. The maximum Gasteiger partial charge on any atom is 0.371 e. The van der Waals surface area contributed by atoms with Crippen LogP contribution in [0.25, 0.3) is 0 Å². The van der Waals surface area contributed by atoms with Crippen LogP contribution in [0.5, 0.6) is 0 Å². The molecule has 1 rings (SSSR count). The Labute approximate surface area is 76.0 Å². The molecule has 0 saturated carbocycles. The van der Waals surface area contributed by atoms with E-state index in [1.807, 2.05) is 30.3 Å². The molecule has 13 heavy (non-hydrogen) atoms. The van der Waals surface area contributed by atoms with Crippen molar-refractivity contribution < 1.29 is 14.7 Å². The van der Waals surface area contributed by atoms with Crippen molar-refractivity contribution in [2.24, 2.45) is 0 Å². The van der Waals surface area contributed by atoms with E-state index >= 15 is 0 Å². The fraction of sp³-hybridized carbons (Fsp3) is 0.111. The van der Waals surface area contributed by atoms with Gasteiger partial charge < -0.3 is 10.8 Å². The van der Waals surface area contributed by atoms with E-state index in [2.05, 4.69) is 0 Å². The molecule has 0 fully saturated rings. The van der Waals surface area contributed by atoms with Crippen molar-refractivity contribution in [1.29, 1.82) is 0 Å². The van der Waals surface area contributed by atoms with Gasteiger partial charge in [0.1, 0.15) is 0 Å². The Morgan fingerprint density at radius 2 is 1.62 bits per heavy atom. The Kier molecular flexibility index (Phi) is 4.95. The number of Topliss-reactive ketones (excluding diaryl/α,β-unsaturated/α-hetero) is 1. The summed E-state index contributed by atoms with van der Waals surface area (Å²) in [6.07, 6.45) is 0. The average Bonchev–Trinajstić information content (AvgIpc) is 2.06. The van der Waals surface area contributed by atoms with E-state index in [0.717, 1.165) is 12.6 Å². The first kappa shape index (κ1) is 11.2. The van der Waals surface area contributed by atoms with Crippen LogP contribution in [0.2, 0.25) is 0 Å². The predicted molar refractivity (Wildman–Crippen MR) is 49.2 cm³/mol. The van der Waals surface area contributed by atoms with E-state index in [0.29, 0.717) is 0 Å². The minimum absolute atomic E-state index is 0.822. The summed E-state index contributed by atoms with van der Waals surface area (Å²) in [6.45, 7) is 1.00. The molecule has 0 aliphatic rings. The van der Waals surface area contributed by atoms with Crippen molar-refractivity contribution in [1.82, 2.24) is 0 Å². The Morgan fingerprint density at radius 1 is 1.23 bits per heavy atom. The molecule has 1 aromatic carbocycles. The first-order valence-corrected chi connectivity index (χ1v) is 3.58. The number of ketones is 1. The van der Waals surface area contributed by atoms with Crippen LogP contribution in [0.3, 0.4) is 0 Å². The number of carboxylic acid groups (broad SMARTS) is 1. The third kappa shape index (κ3) is 6.55. The Balaban J connectivity index is 0.000000226. The molecule has 1 aromatic rings. The zero-order chi connectivity index (χ0) is 10.3. The van der Waals surface area contributed by atoms with Gasteiger partial charge in [0, 0.05) is 12.6 Å². The predicted octanol–water partition coefficient (Wildman–Crippen LogP) is 0.929. The molecule has 70 valence electrons. The molecule has 0 spiro atoms. The van der Waals surface area contributed by atoms with Gasteiger partial charge in [-0.2, -0.15) is 0 Å². The smallest absolute Gasteiger partial charge is 0.371 e. The van der Waals surface area contributed by atoms with E-state index in [9.17, 15) is 9.59 Å². The summed E-state index contributed by atoms with van der Waals surface area (Å²) < 4.78 is 0. The number of anilines is 1. The highest BCUT2D eigenvalue weighted by Crippen LogP contribution is 1.95. The number of rotatable bonds is 1. The summed E-state index contributed by atoms with van der Waals surface area (Å²) in [5, 5.41) is 7.64. The van der Waals surface area contributed by atoms with Gasteiger partial charge in [0.15, 0.2) is 0 Å². The summed E-state index contributed by atoms with van der Waals surface area (Å²) in [6, 6.07) is 9.49. The maximum atomic E-state index is 9.54. The second-order valence-corrected chi connectivity index (χ2v) is 2.27. The molecule has 0 heterocycles. The third-order valence-corrected chi connectivity index (χ3v) is 1.10. The van der Waals surface area contributed by atoms with Gasteiger partial charge in [-0.05, 0) is 12.1 Å². The number of carbonyl (C=O) groups excluding carboxylic acids is 1. The molecule has 0 aliphatic carbocycles. The van der Waals surface area contributed by atoms with Crippen molar-refractivity contribution in [2.75, 3.05) is 5.73 Å². The van der Waals surface area contributed by atoms with Crippen molar-refractivity contribution in [3.8, 4) is 0 Å². The largest absolute Gasteiger partial charge is 0.476 e. The van der Waals surface area contributed by atoms with Gasteiger partial charge in [0.25, 0.3) is 0 Å². The van der Waals surface area contributed by atoms with Gasteiger partial charge >= 0.3 is 5.97 Å². The van der Waals surface area contributed by atoms with Crippen molar-refractivity contribution in [3.63, 3.8) is 0 Å². The van der Waals surface area contributed by atoms with Gasteiger partial charge in [0.05, 0.1) is 0 Å². The lowest BCUT2D eigenvalue weighted by atomic mass is 10.3. The number of hydrogen-bond acceptors (Lipinski definition) is 3. The average molecular weight is 181 g/mol. The molecule has 0 aliphatic heterocycles. The zero-order valence-corrected chi connectivity index (χ0v) is 7.23. The highest BCUT2D eigenvalue weighted by atomic mass is 16.4. The number of nitrogen functional groups attached to an aromatic ring is 1. The molecular weight excluding hydrogens is 170 g/mol. The minimum atomic E-state index is -1.38. The van der Waals surface area contributed by atoms with Crippen molar-refractivity contribution in [2.45, 2.75) is 6.92 Å². The Bertz CT molecular complexity index is 270. The summed E-state index contributed by atoms with van der Waals surface area (Å²) >= 11 is 0. The lowest BCUT2D eigenvalue weighted by Crippen LogP contribution is -2.05. The highest BCUT2D eigenvalue weighted by molar-refractivity contribution is 6.31. The molecular formula is C9H11NO3. The third-order valence-electron chi connectivity index (χ3n) is 1.10. The van der Waals surface area contributed by atoms with E-state index in [1.54, 1.807) is 0 Å². The molecule has 3 N–H and O–H groups in total. The molecule has 0 unspecified atom stereocenters. The molecule has 0 aromatic heterocycles. The molecule has 0 atom stereocenters. The standard InChI is InChI=1S/C6H7N.C3H4O3/c7-6-4-2-1-3-5-6;1-2(4)3(5)6/h1-5H,7H2;1H3,(H,5,6). The normalized spacial score (nSPS) is 8.08. The summed E-state index contributed by atoms with van der Waals surface area (Å²) in [4.78, 5) is 18.9. The van der Waals surface area contributed by atoms with E-state index in [1.165, 1.54) is 0 Å². The fourth-order valence-corrected chi connectivity index (χ4v) is 0.453. The molecule has 4 nitrogen and oxygen atoms in total. The Hall–Kier alpha value is -1.84. The monoisotopic (exact) mass is 181 g/mol. The van der Waals surface area contributed by atoms with Gasteiger partial charge in [0.2, 0.25) is 5.78 Å². The lowest BCUT2D eigenvalue weighted by Gasteiger charge is -1.83. The zero-order valence-electron chi connectivity index (χ0n) is 7.23. The van der Waals surface area contributed by atoms with Crippen LogP contribution < -0.4 is 5.73 Å². The number of carbonyl (C=O) groups is 2. The molecule has 4 heteroatoms. The number of nitrogens with two attached hydrogens (primary N) is 1. The second-order valence-electron chi connectivity index (χ2n) is 2.27. The van der Waals surface area contributed by atoms with Crippen LogP contribution in [-0.2, 0) is 9.59 Å². The second kappa shape index (κ2) is 5.77. The number of hydrogen-bond donors (Lipinski definition) is 2. The van der Waals surface area contributed by atoms with Crippen LogP contribution >= 0.6 is 0 Å². The first-order chi connectivity index (χ1) is 6.04. The number of aliphatic carboxylic acids is 1. The SMILES string of the molecule is CC(=O)C(=O)O.Nc1ccccc1. The van der Waals surface area contributed by atoms with Gasteiger partial charge in [-0.15, -0.1) is 0 Å². The number of benzene rings is 1. The van der Waals surface area contributed by atoms with Crippen LogP contribution in [0, 0.1) is 0 Å². The highest BCUT2D eigenvalue weighted by Gasteiger charge is 1.98. The number of carboxylic acids is 1. The van der Waals surface area contributed by atoms with E-state index in [4.69, 9.17) is 10.8 Å². The molecule has 0 bridgehead atoms. The Morgan fingerprint density at radius 3 is 1.77 bits per heavy atom. The summed E-state index contributed by atoms with van der Waals surface area (Å²) in [5.74, 6) is -2.20. The van der Waals surface area contributed by atoms with Crippen molar-refractivity contribution >= 4 is 17.4 Å². The van der Waals surface area contributed by atoms with Crippen LogP contribution in [-0.4, -0.2) is 16.9 Å². The quantitative estimate of drug-likeness (QED) is 0.499. The maximum absolute atomic E-state index is 9.54. The fourth-order valence-electron chi connectivity index (χ4n) is 0.453. The van der Waals surface area contributed by atoms with Crippen LogP contribution in [0.15, 0.2) is 30.3 Å². The minimum Gasteiger partial charge on any atom is -0.476 e. The molecule has 0 saturated heterocycles. The van der Waals surface area contributed by atoms with E-state index in [-0.39, 0.29) is 0 Å². The van der Waals surface area contributed by atoms with E-state index < -0.39 is 11.8 Å². The van der Waals surface area contributed by atoms with Crippen molar-refractivity contribution in [3.05, 3.63) is 30.3 Å². The topological polar surface area (TPSA) is 80.4 Å². The van der Waals surface area contributed by atoms with Gasteiger partial charge in [-0.3, -0.25) is 4.79 Å². The number of para-hydroxylation sites is 1. The summed E-state index contributed by atoms with van der Waals surface area (Å²) in [7, 11) is 0. The van der Waals surface area contributed by atoms with Gasteiger partial charge in [-0.1, -0.05) is 18.2 Å². The first-order valence-electron chi connectivity index (χ1n) is 3.58. The molecule has 0 radical (unpaired) electrons. The van der Waals surface area contributed by atoms with Crippen LogP contribution in [0.4, 0.5) is 5.69 Å². The lowest BCUT2D eigenvalue weighted by molar-refractivity contribution is -0.148. The van der Waals surface area contributed by atoms with Crippen LogP contribution in [0.1, 0.15) is 6.92 Å². The van der Waals surface area contributed by atoms with Gasteiger partial charge in [-0.25, -0.2) is 4.79 Å². The molecule has 0 amide bonds.